The number of amides is 1. The number of nitrogens with two attached hydrogens (primary N) is 1. The first-order valence-corrected chi connectivity index (χ1v) is 7.82. The quantitative estimate of drug-likeness (QED) is 0.818. The predicted octanol–water partition coefficient (Wildman–Crippen LogP) is 4.27. The summed E-state index contributed by atoms with van der Waals surface area (Å²) in [7, 11) is 0. The second kappa shape index (κ2) is 6.68. The SMILES string of the molecule is CCC1CCC(NC(=O)c2cc(Cl)c(N)c(Cl)c2)CC1. The zero-order valence-electron chi connectivity index (χ0n) is 11.6. The van der Waals surface area contributed by atoms with E-state index in [0.29, 0.717) is 21.3 Å². The third kappa shape index (κ3) is 3.58. The molecule has 0 saturated heterocycles. The van der Waals surface area contributed by atoms with Gasteiger partial charge in [0.1, 0.15) is 0 Å². The second-order valence-electron chi connectivity index (χ2n) is 5.45. The van der Waals surface area contributed by atoms with Gasteiger partial charge in [-0.1, -0.05) is 36.5 Å². The van der Waals surface area contributed by atoms with E-state index < -0.39 is 0 Å². The molecule has 0 atom stereocenters. The molecule has 110 valence electrons. The van der Waals surface area contributed by atoms with E-state index in [1.807, 2.05) is 0 Å². The third-order valence-corrected chi connectivity index (χ3v) is 4.73. The van der Waals surface area contributed by atoms with Crippen LogP contribution in [0.25, 0.3) is 0 Å². The Hall–Kier alpha value is -0.930. The number of nitrogens with one attached hydrogen (secondary N) is 1. The zero-order chi connectivity index (χ0) is 14.7. The number of hydrogen-bond acceptors (Lipinski definition) is 2. The first-order chi connectivity index (χ1) is 9.51. The van der Waals surface area contributed by atoms with E-state index in [4.69, 9.17) is 28.9 Å². The fraction of sp³-hybridized carbons (Fsp3) is 0.533. The fourth-order valence-electron chi connectivity index (χ4n) is 2.70. The van der Waals surface area contributed by atoms with Crippen molar-refractivity contribution in [2.75, 3.05) is 5.73 Å². The number of hydrogen-bond donors (Lipinski definition) is 2. The van der Waals surface area contributed by atoms with Gasteiger partial charge in [0.15, 0.2) is 0 Å². The molecule has 1 amide bonds. The van der Waals surface area contributed by atoms with Crippen molar-refractivity contribution in [3.63, 3.8) is 0 Å². The second-order valence-corrected chi connectivity index (χ2v) is 6.27. The van der Waals surface area contributed by atoms with Crippen molar-refractivity contribution in [1.29, 1.82) is 0 Å². The number of nitrogen functional groups attached to an aromatic ring is 1. The van der Waals surface area contributed by atoms with Crippen LogP contribution in [0.15, 0.2) is 12.1 Å². The number of rotatable bonds is 3. The Kier molecular flexibility index (Phi) is 5.17. The van der Waals surface area contributed by atoms with Crippen LogP contribution < -0.4 is 11.1 Å². The van der Waals surface area contributed by atoms with Crippen LogP contribution in [0, 0.1) is 5.92 Å². The number of halogens is 2. The minimum absolute atomic E-state index is 0.131. The van der Waals surface area contributed by atoms with Gasteiger partial charge in [0, 0.05) is 11.6 Å². The highest BCUT2D eigenvalue weighted by molar-refractivity contribution is 6.39. The van der Waals surface area contributed by atoms with Crippen LogP contribution in [-0.4, -0.2) is 11.9 Å². The molecular weight excluding hydrogens is 295 g/mol. The van der Waals surface area contributed by atoms with Crippen LogP contribution >= 0.6 is 23.2 Å². The van der Waals surface area contributed by atoms with Crippen molar-refractivity contribution >= 4 is 34.8 Å². The highest BCUT2D eigenvalue weighted by atomic mass is 35.5. The summed E-state index contributed by atoms with van der Waals surface area (Å²) >= 11 is 11.9. The summed E-state index contributed by atoms with van der Waals surface area (Å²) < 4.78 is 0. The van der Waals surface area contributed by atoms with Crippen LogP contribution in [0.3, 0.4) is 0 Å². The molecule has 0 bridgehead atoms. The van der Waals surface area contributed by atoms with Gasteiger partial charge in [-0.05, 0) is 43.7 Å². The van der Waals surface area contributed by atoms with Gasteiger partial charge in [0.2, 0.25) is 0 Å². The lowest BCUT2D eigenvalue weighted by molar-refractivity contribution is 0.0921. The minimum Gasteiger partial charge on any atom is -0.396 e. The predicted molar refractivity (Wildman–Crippen MR) is 84.4 cm³/mol. The van der Waals surface area contributed by atoms with Gasteiger partial charge in [-0.2, -0.15) is 0 Å². The molecule has 0 radical (unpaired) electrons. The maximum absolute atomic E-state index is 12.2. The Bertz CT molecular complexity index is 474. The average molecular weight is 315 g/mol. The molecular formula is C15H20Cl2N2O. The van der Waals surface area contributed by atoms with Crippen LogP contribution in [0.2, 0.25) is 10.0 Å². The molecule has 0 spiro atoms. The summed E-state index contributed by atoms with van der Waals surface area (Å²) in [6.07, 6.45) is 5.68. The minimum atomic E-state index is -0.131. The van der Waals surface area contributed by atoms with Crippen LogP contribution in [0.1, 0.15) is 49.4 Å². The van der Waals surface area contributed by atoms with Crippen LogP contribution in [0.4, 0.5) is 5.69 Å². The Balaban J connectivity index is 1.99. The zero-order valence-corrected chi connectivity index (χ0v) is 13.1. The summed E-state index contributed by atoms with van der Waals surface area (Å²) in [5.41, 5.74) is 6.45. The molecule has 1 aromatic rings. The highest BCUT2D eigenvalue weighted by Crippen LogP contribution is 2.30. The van der Waals surface area contributed by atoms with E-state index in [-0.39, 0.29) is 11.9 Å². The van der Waals surface area contributed by atoms with Crippen molar-refractivity contribution in [2.45, 2.75) is 45.1 Å². The van der Waals surface area contributed by atoms with Gasteiger partial charge >= 0.3 is 0 Å². The van der Waals surface area contributed by atoms with Gasteiger partial charge in [-0.15, -0.1) is 0 Å². The molecule has 3 nitrogen and oxygen atoms in total. The number of benzene rings is 1. The molecule has 0 aromatic heterocycles. The van der Waals surface area contributed by atoms with Gasteiger partial charge in [-0.25, -0.2) is 0 Å². The molecule has 5 heteroatoms. The first kappa shape index (κ1) is 15.5. The molecule has 1 aromatic carbocycles. The molecule has 1 aliphatic rings. The highest BCUT2D eigenvalue weighted by Gasteiger charge is 2.22. The molecule has 20 heavy (non-hydrogen) atoms. The molecule has 1 fully saturated rings. The van der Waals surface area contributed by atoms with Gasteiger partial charge in [0.25, 0.3) is 5.91 Å². The maximum atomic E-state index is 12.2. The monoisotopic (exact) mass is 314 g/mol. The Morgan fingerprint density at radius 2 is 1.80 bits per heavy atom. The molecule has 3 N–H and O–H groups in total. The normalized spacial score (nSPS) is 22.6. The van der Waals surface area contributed by atoms with Crippen molar-refractivity contribution in [3.8, 4) is 0 Å². The van der Waals surface area contributed by atoms with Crippen LogP contribution in [0.5, 0.6) is 0 Å². The number of carbonyl (C=O) groups excluding carboxylic acids is 1. The topological polar surface area (TPSA) is 55.1 Å². The van der Waals surface area contributed by atoms with E-state index in [1.54, 1.807) is 12.1 Å². The first-order valence-electron chi connectivity index (χ1n) is 7.06. The third-order valence-electron chi connectivity index (χ3n) is 4.10. The summed E-state index contributed by atoms with van der Waals surface area (Å²) in [4.78, 5) is 12.2. The molecule has 0 aliphatic heterocycles. The fourth-order valence-corrected chi connectivity index (χ4v) is 3.19. The summed E-state index contributed by atoms with van der Waals surface area (Å²) in [5.74, 6) is 0.678. The van der Waals surface area contributed by atoms with E-state index >= 15 is 0 Å². The average Bonchev–Trinajstić information content (AvgIpc) is 2.45. The largest absolute Gasteiger partial charge is 0.396 e. The number of anilines is 1. The lowest BCUT2D eigenvalue weighted by Gasteiger charge is -2.28. The molecule has 1 aliphatic carbocycles. The van der Waals surface area contributed by atoms with Crippen molar-refractivity contribution in [1.82, 2.24) is 5.32 Å². The maximum Gasteiger partial charge on any atom is 0.251 e. The smallest absolute Gasteiger partial charge is 0.251 e. The summed E-state index contributed by atoms with van der Waals surface area (Å²) in [6, 6.07) is 3.38. The Morgan fingerprint density at radius 3 is 2.30 bits per heavy atom. The number of carbonyl (C=O) groups is 1. The lowest BCUT2D eigenvalue weighted by Crippen LogP contribution is -2.37. The Labute approximate surface area is 129 Å². The van der Waals surface area contributed by atoms with E-state index in [0.717, 1.165) is 18.8 Å². The van der Waals surface area contributed by atoms with Crippen molar-refractivity contribution in [3.05, 3.63) is 27.7 Å². The molecule has 0 unspecified atom stereocenters. The van der Waals surface area contributed by atoms with Gasteiger partial charge in [-0.3, -0.25) is 4.79 Å². The van der Waals surface area contributed by atoms with E-state index in [9.17, 15) is 4.79 Å². The van der Waals surface area contributed by atoms with Crippen molar-refractivity contribution < 1.29 is 4.79 Å². The molecule has 1 saturated carbocycles. The lowest BCUT2D eigenvalue weighted by atomic mass is 9.84. The van der Waals surface area contributed by atoms with E-state index in [2.05, 4.69) is 12.2 Å². The van der Waals surface area contributed by atoms with Gasteiger partial charge in [0.05, 0.1) is 15.7 Å². The molecule has 0 heterocycles. The summed E-state index contributed by atoms with van der Waals surface area (Å²) in [6.45, 7) is 2.22. The molecule has 2 rings (SSSR count). The van der Waals surface area contributed by atoms with E-state index in [1.165, 1.54) is 19.3 Å². The summed E-state index contributed by atoms with van der Waals surface area (Å²) in [5, 5.41) is 3.69. The Morgan fingerprint density at radius 1 is 1.25 bits per heavy atom. The van der Waals surface area contributed by atoms with Gasteiger partial charge < -0.3 is 11.1 Å². The van der Waals surface area contributed by atoms with Crippen LogP contribution in [-0.2, 0) is 0 Å². The standard InChI is InChI=1S/C15H20Cl2N2O/c1-2-9-3-5-11(6-4-9)19-15(20)10-7-12(16)14(18)13(17)8-10/h7-9,11H,2-6,18H2,1H3,(H,19,20). The van der Waals surface area contributed by atoms with Crippen molar-refractivity contribution in [2.24, 2.45) is 5.92 Å².